The summed E-state index contributed by atoms with van der Waals surface area (Å²) in [6.45, 7) is 0. The average Bonchev–Trinajstić information content (AvgIpc) is 2.32. The minimum absolute atomic E-state index is 0.110. The van der Waals surface area contributed by atoms with Crippen LogP contribution in [0, 0.1) is 0 Å². The molecule has 0 fully saturated rings. The number of hydrogen-bond donors (Lipinski definition) is 1. The van der Waals surface area contributed by atoms with Gasteiger partial charge in [0.25, 0.3) is 10.1 Å². The summed E-state index contributed by atoms with van der Waals surface area (Å²) in [5.74, 6) is -0.110. The Bertz CT molecular complexity index is 340. The molecule has 0 unspecified atom stereocenters. The molecule has 0 spiro atoms. The molecule has 0 aromatic carbocycles. The Morgan fingerprint density at radius 2 is 1.00 bits per heavy atom. The number of alkyl halides is 3. The van der Waals surface area contributed by atoms with Gasteiger partial charge in [0.2, 0.25) is 0 Å². The molecule has 0 saturated carbocycles. The van der Waals surface area contributed by atoms with Gasteiger partial charge in [-0.15, -0.1) is 0 Å². The summed E-state index contributed by atoms with van der Waals surface area (Å²) in [6, 6.07) is 0. The lowest BCUT2D eigenvalue weighted by atomic mass is 10.1. The minimum atomic E-state index is -3.77. The van der Waals surface area contributed by atoms with Crippen molar-refractivity contribution in [3.05, 3.63) is 0 Å². The lowest BCUT2D eigenvalue weighted by Crippen LogP contribution is -2.03. The van der Waals surface area contributed by atoms with Crippen LogP contribution in [-0.2, 0) is 10.1 Å². The van der Waals surface area contributed by atoms with E-state index in [-0.39, 0.29) is 5.75 Å². The van der Waals surface area contributed by atoms with Crippen LogP contribution in [0.25, 0.3) is 0 Å². The van der Waals surface area contributed by atoms with E-state index in [2.05, 4.69) is 0 Å². The molecule has 0 aliphatic carbocycles. The van der Waals surface area contributed by atoms with Crippen LogP contribution in [0.4, 0.5) is 0 Å². The minimum Gasteiger partial charge on any atom is -0.286 e. The maximum Gasteiger partial charge on any atom is 0.264 e. The normalized spacial score (nSPS) is 12.8. The second-order valence-electron chi connectivity index (χ2n) is 5.54. The van der Waals surface area contributed by atoms with Crippen molar-refractivity contribution < 1.29 is 13.0 Å². The van der Waals surface area contributed by atoms with Gasteiger partial charge in [0.15, 0.2) is 3.79 Å². The van der Waals surface area contributed by atoms with Crippen molar-refractivity contribution in [2.75, 3.05) is 5.75 Å². The van der Waals surface area contributed by atoms with E-state index in [1.165, 1.54) is 32.1 Å². The quantitative estimate of drug-likeness (QED) is 0.244. The van der Waals surface area contributed by atoms with Gasteiger partial charge in [-0.2, -0.15) is 8.42 Å². The average molecular weight is 382 g/mol. The van der Waals surface area contributed by atoms with Gasteiger partial charge in [-0.25, -0.2) is 0 Å². The Labute approximate surface area is 144 Å². The van der Waals surface area contributed by atoms with Gasteiger partial charge in [0.1, 0.15) is 0 Å². The van der Waals surface area contributed by atoms with E-state index < -0.39 is 13.9 Å². The highest BCUT2D eigenvalue weighted by molar-refractivity contribution is 7.85. The molecule has 0 aliphatic rings. The molecule has 1 N–H and O–H groups in total. The third kappa shape index (κ3) is 20.8. The summed E-state index contributed by atoms with van der Waals surface area (Å²) in [4.78, 5) is 0. The molecule has 0 aliphatic heterocycles. The van der Waals surface area contributed by atoms with Gasteiger partial charge >= 0.3 is 0 Å². The monoisotopic (exact) mass is 380 g/mol. The van der Waals surface area contributed by atoms with Crippen LogP contribution in [0.5, 0.6) is 0 Å². The van der Waals surface area contributed by atoms with Crippen molar-refractivity contribution in [3.63, 3.8) is 0 Å². The fourth-order valence-corrected chi connectivity index (χ4v) is 3.17. The largest absolute Gasteiger partial charge is 0.286 e. The predicted molar refractivity (Wildman–Crippen MR) is 92.1 cm³/mol. The van der Waals surface area contributed by atoms with Crippen LogP contribution in [0.2, 0.25) is 0 Å². The van der Waals surface area contributed by atoms with E-state index in [4.69, 9.17) is 39.4 Å². The molecule has 21 heavy (non-hydrogen) atoms. The zero-order valence-corrected chi connectivity index (χ0v) is 15.6. The van der Waals surface area contributed by atoms with Crippen LogP contribution in [0.1, 0.15) is 77.0 Å². The van der Waals surface area contributed by atoms with Crippen molar-refractivity contribution in [3.8, 4) is 0 Å². The van der Waals surface area contributed by atoms with Crippen LogP contribution in [-0.4, -0.2) is 22.5 Å². The maximum absolute atomic E-state index is 10.5. The van der Waals surface area contributed by atoms with E-state index in [1.807, 2.05) is 0 Å². The lowest BCUT2D eigenvalue weighted by molar-refractivity contribution is 0.478. The molecule has 0 atom stereocenters. The van der Waals surface area contributed by atoms with E-state index >= 15 is 0 Å². The molecule has 0 aromatic heterocycles. The SMILES string of the molecule is O=S(=O)(O)CCCCCCCCCCCCCC(Cl)(Cl)Cl. The summed E-state index contributed by atoms with van der Waals surface area (Å²) < 4.78 is 28.5. The smallest absolute Gasteiger partial charge is 0.264 e. The summed E-state index contributed by atoms with van der Waals surface area (Å²) in [7, 11) is -3.77. The van der Waals surface area contributed by atoms with E-state index in [0.29, 0.717) is 12.8 Å². The molecular weight excluding hydrogens is 355 g/mol. The van der Waals surface area contributed by atoms with Crippen LogP contribution in [0.15, 0.2) is 0 Å². The zero-order valence-electron chi connectivity index (χ0n) is 12.5. The van der Waals surface area contributed by atoms with Crippen LogP contribution >= 0.6 is 34.8 Å². The molecule has 0 amide bonds. The Hall–Kier alpha value is 0.780. The van der Waals surface area contributed by atoms with Crippen molar-refractivity contribution in [2.24, 2.45) is 0 Å². The molecule has 0 heterocycles. The van der Waals surface area contributed by atoms with Crippen molar-refractivity contribution >= 4 is 44.9 Å². The summed E-state index contributed by atoms with van der Waals surface area (Å²) >= 11 is 17.0. The first-order valence-electron chi connectivity index (χ1n) is 7.73. The summed E-state index contributed by atoms with van der Waals surface area (Å²) in [5, 5.41) is 0. The molecule has 0 bridgehead atoms. The summed E-state index contributed by atoms with van der Waals surface area (Å²) in [6.07, 6.45) is 12.4. The standard InChI is InChI=1S/C14H27Cl3O3S/c15-14(16,17)12-10-8-6-4-2-1-3-5-7-9-11-13-21(18,19)20/h1-13H2,(H,18,19,20). The fourth-order valence-electron chi connectivity index (χ4n) is 2.20. The van der Waals surface area contributed by atoms with Gasteiger partial charge in [0, 0.05) is 0 Å². The third-order valence-corrected chi connectivity index (χ3v) is 4.73. The van der Waals surface area contributed by atoms with Crippen molar-refractivity contribution in [2.45, 2.75) is 80.8 Å². The first-order valence-corrected chi connectivity index (χ1v) is 10.5. The molecule has 0 saturated heterocycles. The predicted octanol–water partition coefficient (Wildman–Crippen LogP) is 5.93. The molecule has 3 nitrogen and oxygen atoms in total. The van der Waals surface area contributed by atoms with Crippen LogP contribution in [0.3, 0.4) is 0 Å². The molecule has 0 rings (SSSR count). The van der Waals surface area contributed by atoms with Gasteiger partial charge in [0.05, 0.1) is 5.75 Å². The first kappa shape index (κ1) is 21.8. The van der Waals surface area contributed by atoms with Gasteiger partial charge in [-0.3, -0.25) is 4.55 Å². The topological polar surface area (TPSA) is 54.4 Å². The highest BCUT2D eigenvalue weighted by Gasteiger charge is 2.17. The number of hydrogen-bond acceptors (Lipinski definition) is 2. The molecular formula is C14H27Cl3O3S. The summed E-state index contributed by atoms with van der Waals surface area (Å²) in [5.41, 5.74) is 0. The van der Waals surface area contributed by atoms with E-state index in [9.17, 15) is 8.42 Å². The Morgan fingerprint density at radius 3 is 1.33 bits per heavy atom. The number of unbranched alkanes of at least 4 members (excludes halogenated alkanes) is 10. The van der Waals surface area contributed by atoms with E-state index in [0.717, 1.165) is 32.1 Å². The van der Waals surface area contributed by atoms with E-state index in [1.54, 1.807) is 0 Å². The molecule has 128 valence electrons. The van der Waals surface area contributed by atoms with Gasteiger partial charge < -0.3 is 0 Å². The zero-order chi connectivity index (χ0) is 16.2. The van der Waals surface area contributed by atoms with Gasteiger partial charge in [-0.05, 0) is 19.3 Å². The Kier molecular flexibility index (Phi) is 12.7. The number of rotatable bonds is 13. The van der Waals surface area contributed by atoms with Crippen molar-refractivity contribution in [1.82, 2.24) is 0 Å². The maximum atomic E-state index is 10.5. The van der Waals surface area contributed by atoms with Crippen molar-refractivity contribution in [1.29, 1.82) is 0 Å². The van der Waals surface area contributed by atoms with Crippen LogP contribution < -0.4 is 0 Å². The van der Waals surface area contributed by atoms with Gasteiger partial charge in [-0.1, -0.05) is 92.6 Å². The Morgan fingerprint density at radius 1 is 0.667 bits per heavy atom. The fraction of sp³-hybridized carbons (Fsp3) is 1.00. The highest BCUT2D eigenvalue weighted by atomic mass is 35.6. The number of halogens is 3. The molecule has 7 heteroatoms. The first-order chi connectivity index (χ1) is 9.71. The molecule has 0 radical (unpaired) electrons. The molecule has 0 aromatic rings. The second kappa shape index (κ2) is 12.2. The second-order valence-corrected chi connectivity index (χ2v) is 9.63. The highest BCUT2D eigenvalue weighted by Crippen LogP contribution is 2.32. The lowest BCUT2D eigenvalue weighted by Gasteiger charge is -2.09. The Balaban J connectivity index is 3.13. The third-order valence-electron chi connectivity index (χ3n) is 3.36.